The molecular formula is C17H14NOY-. The standard InChI is InChI=1S/C17H14NO.Y/c1-4-18(3)11-15-12(2)9-10-14-13-7-5-6-8-16(13)19-17(14)15;/h1,4-10H,2-3H3;/q-1;. The molecule has 97 valence electrons. The van der Waals surface area contributed by atoms with Crippen molar-refractivity contribution < 1.29 is 41.7 Å². The zero-order chi connectivity index (χ0) is 13.4. The summed E-state index contributed by atoms with van der Waals surface area (Å²) in [4.78, 5) is 0. The molecule has 2 nitrogen and oxygen atoms in total. The molecule has 1 heterocycles. The van der Waals surface area contributed by atoms with Gasteiger partial charge in [-0.25, -0.2) is 0 Å². The van der Waals surface area contributed by atoms with Crippen molar-refractivity contribution in [1.82, 2.24) is 0 Å². The molecule has 0 N–H and O–H groups in total. The van der Waals surface area contributed by atoms with Crippen LogP contribution in [0.4, 0.5) is 0 Å². The minimum absolute atomic E-state index is 0. The summed E-state index contributed by atoms with van der Waals surface area (Å²) in [5.41, 5.74) is 3.80. The van der Waals surface area contributed by atoms with Crippen molar-refractivity contribution in [3.8, 4) is 0 Å². The number of hydrogen-bond acceptors (Lipinski definition) is 1. The first-order valence-electron chi connectivity index (χ1n) is 6.16. The summed E-state index contributed by atoms with van der Waals surface area (Å²) in [6, 6.07) is 12.2. The van der Waals surface area contributed by atoms with Crippen molar-refractivity contribution in [3.05, 3.63) is 60.3 Å². The molecular weight excluding hydrogens is 323 g/mol. The quantitative estimate of drug-likeness (QED) is 0.395. The van der Waals surface area contributed by atoms with Crippen LogP contribution in [0.2, 0.25) is 0 Å². The van der Waals surface area contributed by atoms with Gasteiger partial charge in [-0.1, -0.05) is 37.4 Å². The predicted molar refractivity (Wildman–Crippen MR) is 77.6 cm³/mol. The molecule has 1 radical (unpaired) electrons. The monoisotopic (exact) mass is 337 g/mol. The van der Waals surface area contributed by atoms with Gasteiger partial charge in [-0.05, 0) is 17.0 Å². The Bertz CT molecular complexity index is 814. The van der Waals surface area contributed by atoms with Gasteiger partial charge < -0.3 is 15.6 Å². The van der Waals surface area contributed by atoms with Crippen LogP contribution in [0.1, 0.15) is 11.1 Å². The van der Waals surface area contributed by atoms with Crippen LogP contribution in [0.25, 0.3) is 21.9 Å². The van der Waals surface area contributed by atoms with E-state index in [9.17, 15) is 0 Å². The second-order valence-electron chi connectivity index (χ2n) is 4.60. The summed E-state index contributed by atoms with van der Waals surface area (Å²) >= 11 is 0. The second-order valence-corrected chi connectivity index (χ2v) is 4.60. The summed E-state index contributed by atoms with van der Waals surface area (Å²) in [6.07, 6.45) is 4.70. The Labute approximate surface area is 143 Å². The average molecular weight is 337 g/mol. The first kappa shape index (κ1) is 15.1. The third-order valence-corrected chi connectivity index (χ3v) is 3.27. The number of hydrogen-bond donors (Lipinski definition) is 0. The van der Waals surface area contributed by atoms with E-state index in [-0.39, 0.29) is 32.7 Å². The molecule has 0 spiro atoms. The SMILES string of the molecule is [CH-]=C[N+](C)=[C-]c1c(C)ccc2c1oc1ccccc12.[Y]. The molecule has 0 unspecified atom stereocenters. The van der Waals surface area contributed by atoms with Crippen LogP contribution in [0.3, 0.4) is 0 Å². The molecule has 0 saturated carbocycles. The Morgan fingerprint density at radius 1 is 1.15 bits per heavy atom. The number of para-hydroxylation sites is 1. The van der Waals surface area contributed by atoms with Crippen molar-refractivity contribution in [3.63, 3.8) is 0 Å². The van der Waals surface area contributed by atoms with Gasteiger partial charge in [-0.15, -0.1) is 11.6 Å². The van der Waals surface area contributed by atoms with Gasteiger partial charge in [0.05, 0.1) is 5.58 Å². The molecule has 0 aliphatic heterocycles. The topological polar surface area (TPSA) is 16.1 Å². The van der Waals surface area contributed by atoms with E-state index in [1.54, 1.807) is 4.58 Å². The summed E-state index contributed by atoms with van der Waals surface area (Å²) in [7, 11) is 1.85. The van der Waals surface area contributed by atoms with Crippen LogP contribution in [-0.4, -0.2) is 17.8 Å². The minimum Gasteiger partial charge on any atom is -0.500 e. The van der Waals surface area contributed by atoms with Crippen LogP contribution >= 0.6 is 0 Å². The van der Waals surface area contributed by atoms with E-state index < -0.39 is 0 Å². The van der Waals surface area contributed by atoms with Crippen LogP contribution in [0.5, 0.6) is 0 Å². The number of aryl methyl sites for hydroxylation is 1. The van der Waals surface area contributed by atoms with Crippen LogP contribution in [-0.2, 0) is 32.7 Å². The predicted octanol–water partition coefficient (Wildman–Crippen LogP) is 3.78. The third kappa shape index (κ3) is 2.50. The fourth-order valence-electron chi connectivity index (χ4n) is 2.24. The van der Waals surface area contributed by atoms with Gasteiger partial charge in [0, 0.05) is 38.1 Å². The fraction of sp³-hybridized carbons (Fsp3) is 0.118. The molecule has 3 rings (SSSR count). The fourth-order valence-corrected chi connectivity index (χ4v) is 2.24. The smallest absolute Gasteiger partial charge is 0.154 e. The van der Waals surface area contributed by atoms with Crippen LogP contribution < -0.4 is 0 Å². The molecule has 3 aromatic rings. The Morgan fingerprint density at radius 3 is 2.65 bits per heavy atom. The maximum atomic E-state index is 5.97. The largest absolute Gasteiger partial charge is 0.500 e. The average Bonchev–Trinajstić information content (AvgIpc) is 2.80. The van der Waals surface area contributed by atoms with E-state index >= 15 is 0 Å². The first-order valence-corrected chi connectivity index (χ1v) is 6.16. The first-order chi connectivity index (χ1) is 9.20. The number of benzene rings is 2. The molecule has 20 heavy (non-hydrogen) atoms. The number of rotatable bonds is 2. The molecule has 1 aromatic heterocycles. The van der Waals surface area contributed by atoms with Crippen LogP contribution in [0, 0.1) is 13.5 Å². The van der Waals surface area contributed by atoms with E-state index in [4.69, 9.17) is 11.0 Å². The van der Waals surface area contributed by atoms with Gasteiger partial charge in [0.25, 0.3) is 0 Å². The maximum Gasteiger partial charge on any atom is 0.154 e. The summed E-state index contributed by atoms with van der Waals surface area (Å²) in [5.74, 6) is 0. The number of nitrogens with zero attached hydrogens (tertiary/aromatic N) is 1. The Morgan fingerprint density at radius 2 is 1.90 bits per heavy atom. The maximum absolute atomic E-state index is 5.97. The summed E-state index contributed by atoms with van der Waals surface area (Å²) in [5, 5.41) is 2.23. The Balaban J connectivity index is 0.00000147. The van der Waals surface area contributed by atoms with Crippen LogP contribution in [0.15, 0.2) is 47.0 Å². The minimum atomic E-state index is 0. The zero-order valence-electron chi connectivity index (χ0n) is 11.6. The zero-order valence-corrected chi connectivity index (χ0v) is 14.4. The van der Waals surface area contributed by atoms with Crippen molar-refractivity contribution in [2.75, 3.05) is 7.05 Å². The van der Waals surface area contributed by atoms with Gasteiger partial charge in [0.1, 0.15) is 12.6 Å². The van der Waals surface area contributed by atoms with E-state index in [0.29, 0.717) is 0 Å². The van der Waals surface area contributed by atoms with Gasteiger partial charge in [0.2, 0.25) is 0 Å². The summed E-state index contributed by atoms with van der Waals surface area (Å²) in [6.45, 7) is 7.54. The van der Waals surface area contributed by atoms with Crippen molar-refractivity contribution in [2.24, 2.45) is 0 Å². The van der Waals surface area contributed by atoms with Crippen molar-refractivity contribution in [2.45, 2.75) is 6.92 Å². The molecule has 2 aromatic carbocycles. The Hall–Kier alpha value is -1.25. The van der Waals surface area contributed by atoms with Gasteiger partial charge in [-0.3, -0.25) is 0 Å². The van der Waals surface area contributed by atoms with E-state index in [1.165, 1.54) is 6.20 Å². The summed E-state index contributed by atoms with van der Waals surface area (Å²) < 4.78 is 7.67. The van der Waals surface area contributed by atoms with Gasteiger partial charge in [0.15, 0.2) is 6.21 Å². The molecule has 0 bridgehead atoms. The number of fused-ring (bicyclic) bond motifs is 3. The van der Waals surface area contributed by atoms with E-state index in [0.717, 1.165) is 33.1 Å². The number of furan rings is 1. The van der Waals surface area contributed by atoms with Gasteiger partial charge >= 0.3 is 0 Å². The van der Waals surface area contributed by atoms with Crippen molar-refractivity contribution in [1.29, 1.82) is 0 Å². The van der Waals surface area contributed by atoms with E-state index in [2.05, 4.69) is 24.4 Å². The molecule has 3 heteroatoms. The second kappa shape index (κ2) is 6.03. The molecule has 0 saturated heterocycles. The third-order valence-electron chi connectivity index (χ3n) is 3.27. The normalized spacial score (nSPS) is 11.6. The van der Waals surface area contributed by atoms with E-state index in [1.807, 2.05) is 32.2 Å². The molecule has 0 atom stereocenters. The molecule has 0 aliphatic carbocycles. The molecule has 0 fully saturated rings. The molecule has 0 amide bonds. The Kier molecular flexibility index (Phi) is 4.57. The van der Waals surface area contributed by atoms with Crippen molar-refractivity contribution >= 4 is 28.2 Å². The molecule has 0 aliphatic rings. The van der Waals surface area contributed by atoms with Gasteiger partial charge in [-0.2, -0.15) is 0 Å².